The van der Waals surface area contributed by atoms with Gasteiger partial charge in [0.05, 0.1) is 0 Å². The van der Waals surface area contributed by atoms with E-state index in [0.717, 1.165) is 25.0 Å². The minimum Gasteiger partial charge on any atom is -0.381 e. The maximum absolute atomic E-state index is 5.76. The highest BCUT2D eigenvalue weighted by Gasteiger charge is 2.40. The fourth-order valence-electron chi connectivity index (χ4n) is 1.92. The molecule has 0 radical (unpaired) electrons. The van der Waals surface area contributed by atoms with Gasteiger partial charge in [-0.2, -0.15) is 0 Å². The molecule has 0 aromatic heterocycles. The first kappa shape index (κ1) is 6.62. The summed E-state index contributed by atoms with van der Waals surface area (Å²) in [5, 5.41) is 0. The summed E-state index contributed by atoms with van der Waals surface area (Å²) in [5.74, 6) is 1.74. The minimum absolute atomic E-state index is 0.531. The SMILES string of the molecule is N[C@H]1C[C@H]1C1CCOCC1. The van der Waals surface area contributed by atoms with E-state index in [1.165, 1.54) is 19.3 Å². The molecule has 0 aromatic rings. The Morgan fingerprint density at radius 1 is 1.20 bits per heavy atom. The number of nitrogens with two attached hydrogens (primary N) is 1. The van der Waals surface area contributed by atoms with Crippen molar-refractivity contribution in [3.63, 3.8) is 0 Å². The molecule has 2 rings (SSSR count). The third-order valence-electron chi connectivity index (χ3n) is 2.76. The summed E-state index contributed by atoms with van der Waals surface area (Å²) in [6.45, 7) is 1.93. The first-order valence-corrected chi connectivity index (χ1v) is 4.21. The quantitative estimate of drug-likeness (QED) is 0.585. The van der Waals surface area contributed by atoms with Crippen LogP contribution in [0.15, 0.2) is 0 Å². The van der Waals surface area contributed by atoms with Gasteiger partial charge in [-0.05, 0) is 31.1 Å². The Kier molecular flexibility index (Phi) is 1.66. The van der Waals surface area contributed by atoms with Gasteiger partial charge >= 0.3 is 0 Å². The molecule has 0 spiro atoms. The number of rotatable bonds is 1. The van der Waals surface area contributed by atoms with Gasteiger partial charge in [-0.25, -0.2) is 0 Å². The van der Waals surface area contributed by atoms with Gasteiger partial charge in [0.15, 0.2) is 0 Å². The number of hydrogen-bond donors (Lipinski definition) is 1. The lowest BCUT2D eigenvalue weighted by atomic mass is 9.95. The zero-order chi connectivity index (χ0) is 6.97. The maximum Gasteiger partial charge on any atom is 0.0468 e. The molecule has 0 unspecified atom stereocenters. The molecular formula is C8H15NO. The summed E-state index contributed by atoms with van der Waals surface area (Å²) in [4.78, 5) is 0. The van der Waals surface area contributed by atoms with E-state index in [-0.39, 0.29) is 0 Å². The van der Waals surface area contributed by atoms with E-state index < -0.39 is 0 Å². The molecule has 2 fully saturated rings. The number of ether oxygens (including phenoxy) is 1. The molecule has 2 heteroatoms. The van der Waals surface area contributed by atoms with Crippen molar-refractivity contribution in [3.8, 4) is 0 Å². The predicted molar refractivity (Wildman–Crippen MR) is 39.6 cm³/mol. The molecule has 1 aliphatic carbocycles. The molecule has 0 bridgehead atoms. The van der Waals surface area contributed by atoms with Gasteiger partial charge < -0.3 is 10.5 Å². The van der Waals surface area contributed by atoms with Crippen LogP contribution in [0.1, 0.15) is 19.3 Å². The van der Waals surface area contributed by atoms with Crippen LogP contribution in [0.5, 0.6) is 0 Å². The van der Waals surface area contributed by atoms with Gasteiger partial charge in [0.1, 0.15) is 0 Å². The molecule has 2 atom stereocenters. The lowest BCUT2D eigenvalue weighted by molar-refractivity contribution is 0.0593. The van der Waals surface area contributed by atoms with E-state index in [4.69, 9.17) is 10.5 Å². The smallest absolute Gasteiger partial charge is 0.0468 e. The minimum atomic E-state index is 0.531. The highest BCUT2D eigenvalue weighted by Crippen LogP contribution is 2.40. The predicted octanol–water partition coefficient (Wildman–Crippen LogP) is 0.760. The monoisotopic (exact) mass is 141 g/mol. The third kappa shape index (κ3) is 1.18. The molecule has 1 heterocycles. The maximum atomic E-state index is 5.76. The lowest BCUT2D eigenvalue weighted by Gasteiger charge is -2.21. The van der Waals surface area contributed by atoms with E-state index >= 15 is 0 Å². The second-order valence-corrected chi connectivity index (χ2v) is 3.51. The van der Waals surface area contributed by atoms with Crippen molar-refractivity contribution in [1.29, 1.82) is 0 Å². The summed E-state index contributed by atoms with van der Waals surface area (Å²) >= 11 is 0. The Morgan fingerprint density at radius 3 is 2.30 bits per heavy atom. The van der Waals surface area contributed by atoms with Crippen LogP contribution < -0.4 is 5.73 Å². The molecule has 1 aliphatic heterocycles. The fraction of sp³-hybridized carbons (Fsp3) is 1.00. The largest absolute Gasteiger partial charge is 0.381 e. The lowest BCUT2D eigenvalue weighted by Crippen LogP contribution is -2.20. The van der Waals surface area contributed by atoms with E-state index in [2.05, 4.69) is 0 Å². The summed E-state index contributed by atoms with van der Waals surface area (Å²) in [5.41, 5.74) is 5.76. The zero-order valence-corrected chi connectivity index (χ0v) is 6.25. The second-order valence-electron chi connectivity index (χ2n) is 3.51. The molecule has 2 nitrogen and oxygen atoms in total. The first-order chi connectivity index (χ1) is 4.88. The molecule has 2 aliphatic rings. The van der Waals surface area contributed by atoms with Crippen LogP contribution in [-0.2, 0) is 4.74 Å². The topological polar surface area (TPSA) is 35.2 Å². The van der Waals surface area contributed by atoms with Crippen molar-refractivity contribution in [2.24, 2.45) is 17.6 Å². The molecule has 1 saturated heterocycles. The van der Waals surface area contributed by atoms with Crippen LogP contribution in [0.3, 0.4) is 0 Å². The van der Waals surface area contributed by atoms with E-state index in [1.807, 2.05) is 0 Å². The van der Waals surface area contributed by atoms with Gasteiger partial charge in [0.2, 0.25) is 0 Å². The third-order valence-corrected chi connectivity index (χ3v) is 2.76. The van der Waals surface area contributed by atoms with Gasteiger partial charge in [0.25, 0.3) is 0 Å². The zero-order valence-electron chi connectivity index (χ0n) is 6.25. The van der Waals surface area contributed by atoms with Crippen LogP contribution in [0.2, 0.25) is 0 Å². The fourth-order valence-corrected chi connectivity index (χ4v) is 1.92. The Morgan fingerprint density at radius 2 is 1.80 bits per heavy atom. The second kappa shape index (κ2) is 2.51. The molecule has 58 valence electrons. The molecule has 0 aromatic carbocycles. The van der Waals surface area contributed by atoms with E-state index in [0.29, 0.717) is 6.04 Å². The normalized spacial score (nSPS) is 41.7. The van der Waals surface area contributed by atoms with Gasteiger partial charge in [-0.15, -0.1) is 0 Å². The average Bonchev–Trinajstić information content (AvgIpc) is 2.69. The highest BCUT2D eigenvalue weighted by atomic mass is 16.5. The Labute approximate surface area is 61.7 Å². The van der Waals surface area contributed by atoms with Crippen molar-refractivity contribution in [2.75, 3.05) is 13.2 Å². The van der Waals surface area contributed by atoms with Gasteiger partial charge in [-0.3, -0.25) is 0 Å². The number of hydrogen-bond acceptors (Lipinski definition) is 2. The summed E-state index contributed by atoms with van der Waals surface area (Å²) in [6.07, 6.45) is 3.77. The molecular weight excluding hydrogens is 126 g/mol. The Balaban J connectivity index is 1.81. The van der Waals surface area contributed by atoms with Crippen LogP contribution in [0, 0.1) is 11.8 Å². The van der Waals surface area contributed by atoms with Crippen molar-refractivity contribution in [3.05, 3.63) is 0 Å². The standard InChI is InChI=1S/C8H15NO/c9-8-5-7(8)6-1-3-10-4-2-6/h6-8H,1-5,9H2/t7-,8-/m0/s1. The van der Waals surface area contributed by atoms with Crippen molar-refractivity contribution >= 4 is 0 Å². The summed E-state index contributed by atoms with van der Waals surface area (Å²) in [6, 6.07) is 0.531. The molecule has 1 saturated carbocycles. The van der Waals surface area contributed by atoms with Crippen LogP contribution in [-0.4, -0.2) is 19.3 Å². The Hall–Kier alpha value is -0.0800. The van der Waals surface area contributed by atoms with Crippen molar-refractivity contribution in [1.82, 2.24) is 0 Å². The van der Waals surface area contributed by atoms with Crippen LogP contribution >= 0.6 is 0 Å². The van der Waals surface area contributed by atoms with Crippen LogP contribution in [0.25, 0.3) is 0 Å². The Bertz CT molecular complexity index is 120. The molecule has 0 amide bonds. The highest BCUT2D eigenvalue weighted by molar-refractivity contribution is 4.95. The van der Waals surface area contributed by atoms with Gasteiger partial charge in [-0.1, -0.05) is 0 Å². The van der Waals surface area contributed by atoms with E-state index in [1.54, 1.807) is 0 Å². The van der Waals surface area contributed by atoms with E-state index in [9.17, 15) is 0 Å². The molecule has 10 heavy (non-hydrogen) atoms. The first-order valence-electron chi connectivity index (χ1n) is 4.21. The van der Waals surface area contributed by atoms with Crippen molar-refractivity contribution < 1.29 is 4.74 Å². The summed E-state index contributed by atoms with van der Waals surface area (Å²) < 4.78 is 5.27. The van der Waals surface area contributed by atoms with Crippen molar-refractivity contribution in [2.45, 2.75) is 25.3 Å². The average molecular weight is 141 g/mol. The summed E-state index contributed by atoms with van der Waals surface area (Å²) in [7, 11) is 0. The van der Waals surface area contributed by atoms with Gasteiger partial charge in [0, 0.05) is 19.3 Å². The van der Waals surface area contributed by atoms with Crippen LogP contribution in [0.4, 0.5) is 0 Å². The molecule has 2 N–H and O–H groups in total.